The molecule has 0 saturated carbocycles. The van der Waals surface area contributed by atoms with Crippen LogP contribution in [0.4, 0.5) is 0 Å². The van der Waals surface area contributed by atoms with Gasteiger partial charge in [-0.15, -0.1) is 0 Å². The van der Waals surface area contributed by atoms with Crippen LogP contribution in [-0.2, 0) is 16.1 Å². The van der Waals surface area contributed by atoms with Gasteiger partial charge >= 0.3 is 5.97 Å². The Morgan fingerprint density at radius 3 is 2.69 bits per heavy atom. The van der Waals surface area contributed by atoms with Crippen LogP contribution < -0.4 is 0 Å². The fraction of sp³-hybridized carbons (Fsp3) is 0.417. The first kappa shape index (κ1) is 13.1. The number of hydrogen-bond acceptors (Lipinski definition) is 3. The third kappa shape index (κ3) is 6.48. The highest BCUT2D eigenvalue weighted by Gasteiger charge is 1.96. The molecule has 0 aromatic heterocycles. The molecule has 0 aliphatic carbocycles. The van der Waals surface area contributed by atoms with E-state index < -0.39 is 5.97 Å². The summed E-state index contributed by atoms with van der Waals surface area (Å²) >= 11 is 1.61. The average Bonchev–Trinajstić information content (AvgIpc) is 2.29. The maximum atomic E-state index is 10.2. The van der Waals surface area contributed by atoms with Crippen molar-refractivity contribution >= 4 is 17.7 Å². The molecule has 1 aromatic carbocycles. The van der Waals surface area contributed by atoms with E-state index in [1.165, 1.54) is 0 Å². The van der Waals surface area contributed by atoms with Crippen LogP contribution in [0.1, 0.15) is 12.0 Å². The maximum Gasteiger partial charge on any atom is 0.304 e. The molecule has 1 rings (SSSR count). The van der Waals surface area contributed by atoms with Crippen molar-refractivity contribution in [2.24, 2.45) is 0 Å². The molecule has 0 heterocycles. The van der Waals surface area contributed by atoms with Gasteiger partial charge in [-0.3, -0.25) is 4.79 Å². The average molecular weight is 240 g/mol. The van der Waals surface area contributed by atoms with E-state index >= 15 is 0 Å². The predicted molar refractivity (Wildman–Crippen MR) is 65.7 cm³/mol. The first-order valence-electron chi connectivity index (χ1n) is 5.20. The lowest BCUT2D eigenvalue weighted by Crippen LogP contribution is -2.00. The Morgan fingerprint density at radius 2 is 2.00 bits per heavy atom. The van der Waals surface area contributed by atoms with Gasteiger partial charge in [0.25, 0.3) is 0 Å². The largest absolute Gasteiger partial charge is 0.481 e. The number of benzene rings is 1. The molecule has 0 radical (unpaired) electrons. The van der Waals surface area contributed by atoms with Crippen molar-refractivity contribution in [3.8, 4) is 0 Å². The van der Waals surface area contributed by atoms with Gasteiger partial charge in [0.1, 0.15) is 0 Å². The summed E-state index contributed by atoms with van der Waals surface area (Å²) in [5.74, 6) is 0.766. The number of thioether (sulfide) groups is 1. The molecule has 3 nitrogen and oxygen atoms in total. The molecule has 4 heteroatoms. The van der Waals surface area contributed by atoms with E-state index in [2.05, 4.69) is 0 Å². The molecule has 0 fully saturated rings. The summed E-state index contributed by atoms with van der Waals surface area (Å²) < 4.78 is 5.46. The minimum atomic E-state index is -0.738. The van der Waals surface area contributed by atoms with E-state index in [1.54, 1.807) is 11.8 Å². The second-order valence-electron chi connectivity index (χ2n) is 3.29. The number of hydrogen-bond donors (Lipinski definition) is 1. The number of carboxylic acids is 1. The lowest BCUT2D eigenvalue weighted by atomic mass is 10.2. The highest BCUT2D eigenvalue weighted by molar-refractivity contribution is 7.99. The minimum absolute atomic E-state index is 0.226. The van der Waals surface area contributed by atoms with Crippen LogP contribution >= 0.6 is 11.8 Å². The van der Waals surface area contributed by atoms with E-state index in [-0.39, 0.29) is 6.42 Å². The summed E-state index contributed by atoms with van der Waals surface area (Å²) in [6.07, 6.45) is 0.226. The molecule has 88 valence electrons. The molecule has 0 aliphatic heterocycles. The quantitative estimate of drug-likeness (QED) is 0.709. The monoisotopic (exact) mass is 240 g/mol. The van der Waals surface area contributed by atoms with Crippen LogP contribution in [0.3, 0.4) is 0 Å². The van der Waals surface area contributed by atoms with Crippen molar-refractivity contribution in [1.82, 2.24) is 0 Å². The van der Waals surface area contributed by atoms with Crippen molar-refractivity contribution in [2.75, 3.05) is 18.1 Å². The topological polar surface area (TPSA) is 46.5 Å². The first-order valence-corrected chi connectivity index (χ1v) is 6.35. The number of carbonyl (C=O) groups is 1. The highest BCUT2D eigenvalue weighted by Crippen LogP contribution is 2.04. The number of ether oxygens (including phenoxy) is 1. The van der Waals surface area contributed by atoms with Crippen LogP contribution in [0.25, 0.3) is 0 Å². The molecule has 0 amide bonds. The molecule has 0 aliphatic rings. The molecule has 0 atom stereocenters. The summed E-state index contributed by atoms with van der Waals surface area (Å²) in [7, 11) is 0. The standard InChI is InChI=1S/C12H16O3S/c13-12(14)6-8-16-9-7-15-10-11-4-2-1-3-5-11/h1-5H,6-10H2,(H,13,14). The van der Waals surface area contributed by atoms with Crippen LogP contribution in [0.15, 0.2) is 30.3 Å². The number of aliphatic carboxylic acids is 1. The molecular formula is C12H16O3S. The second kappa shape index (κ2) is 8.19. The Balaban J connectivity index is 1.94. The predicted octanol–water partition coefficient (Wildman–Crippen LogP) is 2.41. The van der Waals surface area contributed by atoms with Gasteiger partial charge in [0.15, 0.2) is 0 Å². The zero-order valence-corrected chi connectivity index (χ0v) is 9.91. The fourth-order valence-corrected chi connectivity index (χ4v) is 1.90. The van der Waals surface area contributed by atoms with E-state index in [4.69, 9.17) is 9.84 Å². The Hall–Kier alpha value is -1.00. The third-order valence-corrected chi connectivity index (χ3v) is 2.89. The Labute approximate surface area is 99.8 Å². The molecule has 1 aromatic rings. The van der Waals surface area contributed by atoms with Crippen LogP contribution in [0, 0.1) is 0 Å². The van der Waals surface area contributed by atoms with E-state index in [0.29, 0.717) is 19.0 Å². The summed E-state index contributed by atoms with van der Waals surface area (Å²) in [5, 5.41) is 8.42. The van der Waals surface area contributed by atoms with Gasteiger partial charge in [-0.05, 0) is 5.56 Å². The lowest BCUT2D eigenvalue weighted by molar-refractivity contribution is -0.136. The molecular weight excluding hydrogens is 224 g/mol. The van der Waals surface area contributed by atoms with Crippen molar-refractivity contribution in [1.29, 1.82) is 0 Å². The SMILES string of the molecule is O=C(O)CCSCCOCc1ccccc1. The van der Waals surface area contributed by atoms with Crippen LogP contribution in [0.2, 0.25) is 0 Å². The van der Waals surface area contributed by atoms with Crippen molar-refractivity contribution in [2.45, 2.75) is 13.0 Å². The van der Waals surface area contributed by atoms with Crippen molar-refractivity contribution in [3.05, 3.63) is 35.9 Å². The number of rotatable bonds is 8. The lowest BCUT2D eigenvalue weighted by Gasteiger charge is -2.03. The fourth-order valence-electron chi connectivity index (χ4n) is 1.14. The highest BCUT2D eigenvalue weighted by atomic mass is 32.2. The van der Waals surface area contributed by atoms with Gasteiger partial charge in [-0.1, -0.05) is 30.3 Å². The summed E-state index contributed by atoms with van der Waals surface area (Å²) in [5.41, 5.74) is 1.16. The second-order valence-corrected chi connectivity index (χ2v) is 4.52. The first-order chi connectivity index (χ1) is 7.79. The summed E-state index contributed by atoms with van der Waals surface area (Å²) in [6, 6.07) is 10.0. The van der Waals surface area contributed by atoms with Crippen molar-refractivity contribution in [3.63, 3.8) is 0 Å². The Kier molecular flexibility index (Phi) is 6.69. The third-order valence-electron chi connectivity index (χ3n) is 1.94. The van der Waals surface area contributed by atoms with Gasteiger partial charge in [-0.2, -0.15) is 11.8 Å². The Bertz CT molecular complexity index is 300. The maximum absolute atomic E-state index is 10.2. The zero-order valence-electron chi connectivity index (χ0n) is 9.09. The molecule has 0 spiro atoms. The Morgan fingerprint density at radius 1 is 1.25 bits per heavy atom. The summed E-state index contributed by atoms with van der Waals surface area (Å²) in [6.45, 7) is 1.29. The molecule has 1 N–H and O–H groups in total. The van der Waals surface area contributed by atoms with Gasteiger partial charge in [-0.25, -0.2) is 0 Å². The normalized spacial score (nSPS) is 10.2. The number of carboxylic acid groups (broad SMARTS) is 1. The minimum Gasteiger partial charge on any atom is -0.481 e. The van der Waals surface area contributed by atoms with Crippen LogP contribution in [0.5, 0.6) is 0 Å². The zero-order chi connectivity index (χ0) is 11.6. The van der Waals surface area contributed by atoms with Crippen LogP contribution in [-0.4, -0.2) is 29.2 Å². The van der Waals surface area contributed by atoms with E-state index in [0.717, 1.165) is 11.3 Å². The molecule has 0 unspecified atom stereocenters. The molecule has 16 heavy (non-hydrogen) atoms. The van der Waals surface area contributed by atoms with E-state index in [1.807, 2.05) is 30.3 Å². The van der Waals surface area contributed by atoms with Gasteiger partial charge in [0.2, 0.25) is 0 Å². The molecule has 0 bridgehead atoms. The van der Waals surface area contributed by atoms with E-state index in [9.17, 15) is 4.79 Å². The van der Waals surface area contributed by atoms with Gasteiger partial charge in [0, 0.05) is 11.5 Å². The summed E-state index contributed by atoms with van der Waals surface area (Å²) in [4.78, 5) is 10.2. The van der Waals surface area contributed by atoms with Crippen molar-refractivity contribution < 1.29 is 14.6 Å². The smallest absolute Gasteiger partial charge is 0.304 e. The molecule has 0 saturated heterocycles. The van der Waals surface area contributed by atoms with Gasteiger partial charge in [0.05, 0.1) is 19.6 Å². The van der Waals surface area contributed by atoms with Gasteiger partial charge < -0.3 is 9.84 Å².